The topological polar surface area (TPSA) is 67.2 Å². The van der Waals surface area contributed by atoms with Crippen molar-refractivity contribution in [1.82, 2.24) is 9.55 Å². The molecule has 98 valence electrons. The Morgan fingerprint density at radius 1 is 1.37 bits per heavy atom. The van der Waals surface area contributed by atoms with Crippen molar-refractivity contribution < 1.29 is 4.79 Å². The van der Waals surface area contributed by atoms with E-state index in [0.29, 0.717) is 0 Å². The van der Waals surface area contributed by atoms with Crippen LogP contribution in [0.4, 0.5) is 0 Å². The highest BCUT2D eigenvalue weighted by Crippen LogP contribution is 2.42. The third-order valence-corrected chi connectivity index (χ3v) is 4.13. The molecular weight excluding hydrogens is 242 g/mol. The number of H-pyrrole nitrogens is 1. The van der Waals surface area contributed by atoms with E-state index in [1.165, 1.54) is 0 Å². The summed E-state index contributed by atoms with van der Waals surface area (Å²) >= 11 is 0. The van der Waals surface area contributed by atoms with Gasteiger partial charge in [-0.15, -0.1) is 0 Å². The highest BCUT2D eigenvalue weighted by Gasteiger charge is 2.35. The zero-order valence-corrected chi connectivity index (χ0v) is 10.8. The van der Waals surface area contributed by atoms with Gasteiger partial charge in [-0.3, -0.25) is 4.57 Å². The van der Waals surface area contributed by atoms with E-state index < -0.39 is 5.54 Å². The number of aromatic nitrogens is 2. The Bertz CT molecular complexity index is 729. The van der Waals surface area contributed by atoms with Crippen molar-refractivity contribution in [3.8, 4) is 0 Å². The normalized spacial score (nSPS) is 17.5. The maximum atomic E-state index is 11.6. The van der Waals surface area contributed by atoms with Crippen LogP contribution in [0.15, 0.2) is 28.0 Å². The van der Waals surface area contributed by atoms with Gasteiger partial charge in [-0.1, -0.05) is 18.9 Å². The first kappa shape index (κ1) is 11.9. The number of rotatable bonds is 2. The Labute approximate surface area is 110 Å². The Balaban J connectivity index is 2.19. The van der Waals surface area contributed by atoms with Gasteiger partial charge < -0.3 is 4.98 Å². The fourth-order valence-electron chi connectivity index (χ4n) is 3.04. The number of hydrogen-bond donors (Lipinski definition) is 1. The average molecular weight is 257 g/mol. The van der Waals surface area contributed by atoms with Gasteiger partial charge in [0.05, 0.1) is 16.6 Å². The van der Waals surface area contributed by atoms with Crippen molar-refractivity contribution in [3.63, 3.8) is 0 Å². The van der Waals surface area contributed by atoms with Gasteiger partial charge in [0.1, 0.15) is 0 Å². The maximum Gasteiger partial charge on any atom is 0.326 e. The van der Waals surface area contributed by atoms with Gasteiger partial charge in [0.2, 0.25) is 6.08 Å². The molecule has 0 unspecified atom stereocenters. The van der Waals surface area contributed by atoms with Gasteiger partial charge in [-0.2, -0.15) is 4.99 Å². The minimum absolute atomic E-state index is 0.133. The quantitative estimate of drug-likeness (QED) is 0.660. The monoisotopic (exact) mass is 257 g/mol. The summed E-state index contributed by atoms with van der Waals surface area (Å²) in [5, 5.41) is 0. The average Bonchev–Trinajstić information content (AvgIpc) is 2.97. The van der Waals surface area contributed by atoms with E-state index in [1.807, 2.05) is 18.2 Å². The van der Waals surface area contributed by atoms with Crippen LogP contribution in [0.2, 0.25) is 0 Å². The van der Waals surface area contributed by atoms with Gasteiger partial charge in [0, 0.05) is 7.05 Å². The molecule has 1 aromatic heterocycles. The lowest BCUT2D eigenvalue weighted by Gasteiger charge is -2.22. The number of imidazole rings is 1. The zero-order chi connectivity index (χ0) is 13.5. The lowest BCUT2D eigenvalue weighted by Crippen LogP contribution is -2.18. The highest BCUT2D eigenvalue weighted by atomic mass is 16.1. The van der Waals surface area contributed by atoms with Gasteiger partial charge >= 0.3 is 5.69 Å². The van der Waals surface area contributed by atoms with Gasteiger partial charge in [-0.25, -0.2) is 9.59 Å². The summed E-state index contributed by atoms with van der Waals surface area (Å²) in [6.07, 6.45) is 5.57. The van der Waals surface area contributed by atoms with E-state index in [2.05, 4.69) is 9.98 Å². The Morgan fingerprint density at radius 3 is 2.79 bits per heavy atom. The summed E-state index contributed by atoms with van der Waals surface area (Å²) in [5.74, 6) is 0. The first-order valence-electron chi connectivity index (χ1n) is 6.45. The maximum absolute atomic E-state index is 11.6. The van der Waals surface area contributed by atoms with Crippen molar-refractivity contribution in [2.45, 2.75) is 31.2 Å². The first-order valence-corrected chi connectivity index (χ1v) is 6.45. The lowest BCUT2D eigenvalue weighted by atomic mass is 9.89. The van der Waals surface area contributed by atoms with Crippen LogP contribution in [0.25, 0.3) is 11.0 Å². The molecule has 0 spiro atoms. The van der Waals surface area contributed by atoms with E-state index in [-0.39, 0.29) is 5.69 Å². The van der Waals surface area contributed by atoms with Crippen molar-refractivity contribution >= 4 is 17.1 Å². The predicted molar refractivity (Wildman–Crippen MR) is 71.8 cm³/mol. The molecule has 5 nitrogen and oxygen atoms in total. The number of nitrogens with zero attached hydrogens (tertiary/aromatic N) is 2. The Hall–Kier alpha value is -2.13. The fourth-order valence-corrected chi connectivity index (χ4v) is 3.04. The van der Waals surface area contributed by atoms with Crippen molar-refractivity contribution in [2.24, 2.45) is 12.0 Å². The molecule has 1 saturated carbocycles. The van der Waals surface area contributed by atoms with E-state index in [1.54, 1.807) is 17.7 Å². The molecule has 1 aliphatic rings. The molecule has 0 radical (unpaired) electrons. The molecule has 19 heavy (non-hydrogen) atoms. The predicted octanol–water partition coefficient (Wildman–Crippen LogP) is 1.97. The fraction of sp³-hybridized carbons (Fsp3) is 0.429. The number of aliphatic imine (C=N–C) groups is 1. The molecule has 1 aliphatic carbocycles. The summed E-state index contributed by atoms with van der Waals surface area (Å²) in [6, 6.07) is 5.80. The van der Waals surface area contributed by atoms with E-state index in [9.17, 15) is 9.59 Å². The summed E-state index contributed by atoms with van der Waals surface area (Å²) < 4.78 is 1.57. The summed E-state index contributed by atoms with van der Waals surface area (Å²) in [5.41, 5.74) is 2.06. The van der Waals surface area contributed by atoms with Crippen LogP contribution in [0.3, 0.4) is 0 Å². The molecule has 5 heteroatoms. The number of carbonyl (C=O) groups excluding carboxylic acids is 1. The number of benzene rings is 1. The molecule has 0 amide bonds. The molecule has 2 aromatic rings. The third kappa shape index (κ3) is 1.74. The molecule has 1 N–H and O–H groups in total. The number of hydrogen-bond acceptors (Lipinski definition) is 3. The van der Waals surface area contributed by atoms with E-state index >= 15 is 0 Å². The zero-order valence-electron chi connectivity index (χ0n) is 10.8. The van der Waals surface area contributed by atoms with Crippen molar-refractivity contribution in [3.05, 3.63) is 34.2 Å². The largest absolute Gasteiger partial charge is 0.326 e. The summed E-state index contributed by atoms with van der Waals surface area (Å²) in [4.78, 5) is 29.2. The van der Waals surface area contributed by atoms with Crippen molar-refractivity contribution in [2.75, 3.05) is 0 Å². The second-order valence-corrected chi connectivity index (χ2v) is 5.16. The molecule has 0 saturated heterocycles. The van der Waals surface area contributed by atoms with Gasteiger partial charge in [0.25, 0.3) is 0 Å². The second kappa shape index (κ2) is 4.21. The minimum atomic E-state index is -0.442. The number of isocyanates is 1. The summed E-state index contributed by atoms with van der Waals surface area (Å²) in [6.45, 7) is 0. The SMILES string of the molecule is Cn1c(=O)[nH]c2cc(C3(N=C=O)CCCC3)ccc21. The van der Waals surface area contributed by atoms with Crippen LogP contribution < -0.4 is 5.69 Å². The molecular formula is C14H15N3O2. The molecule has 1 heterocycles. The number of aryl methyl sites for hydroxylation is 1. The van der Waals surface area contributed by atoms with Gasteiger partial charge in [0.15, 0.2) is 0 Å². The second-order valence-electron chi connectivity index (χ2n) is 5.16. The molecule has 1 aromatic carbocycles. The van der Waals surface area contributed by atoms with Crippen LogP contribution >= 0.6 is 0 Å². The molecule has 0 aliphatic heterocycles. The molecule has 0 atom stereocenters. The number of fused-ring (bicyclic) bond motifs is 1. The number of nitrogens with one attached hydrogen (secondary N) is 1. The molecule has 1 fully saturated rings. The minimum Gasteiger partial charge on any atom is -0.306 e. The molecule has 3 rings (SSSR count). The Morgan fingerprint density at radius 2 is 2.11 bits per heavy atom. The lowest BCUT2D eigenvalue weighted by molar-refractivity contribution is 0.456. The van der Waals surface area contributed by atoms with Crippen LogP contribution in [0.1, 0.15) is 31.2 Å². The first-order chi connectivity index (χ1) is 9.16. The smallest absolute Gasteiger partial charge is 0.306 e. The Kier molecular flexibility index (Phi) is 2.64. The van der Waals surface area contributed by atoms with Crippen LogP contribution in [-0.2, 0) is 17.4 Å². The standard InChI is InChI=1S/C14H15N3O2/c1-17-12-5-4-10(8-11(12)16-13(17)19)14(15-9-18)6-2-3-7-14/h4-5,8H,2-3,6-7H2,1H3,(H,16,19). The van der Waals surface area contributed by atoms with Crippen LogP contribution in [-0.4, -0.2) is 15.6 Å². The van der Waals surface area contributed by atoms with E-state index in [4.69, 9.17) is 0 Å². The van der Waals surface area contributed by atoms with Gasteiger partial charge in [-0.05, 0) is 30.5 Å². The van der Waals surface area contributed by atoms with Crippen molar-refractivity contribution in [1.29, 1.82) is 0 Å². The summed E-state index contributed by atoms with van der Waals surface area (Å²) in [7, 11) is 1.73. The number of aromatic amines is 1. The molecule has 0 bridgehead atoms. The highest BCUT2D eigenvalue weighted by molar-refractivity contribution is 5.76. The van der Waals surface area contributed by atoms with Crippen LogP contribution in [0, 0.1) is 0 Å². The van der Waals surface area contributed by atoms with Crippen LogP contribution in [0.5, 0.6) is 0 Å². The van der Waals surface area contributed by atoms with E-state index in [0.717, 1.165) is 42.3 Å². The third-order valence-electron chi connectivity index (χ3n) is 4.13.